The largest absolute Gasteiger partial charge is 0.384 e. The second-order valence-electron chi connectivity index (χ2n) is 8.24. The van der Waals surface area contributed by atoms with Gasteiger partial charge >= 0.3 is 0 Å². The predicted molar refractivity (Wildman–Crippen MR) is 115 cm³/mol. The molecular formula is C22H26N6O. The van der Waals surface area contributed by atoms with Gasteiger partial charge in [-0.3, -0.25) is 14.7 Å². The number of piperazine rings is 1. The second-order valence-corrected chi connectivity index (χ2v) is 8.24. The molecule has 3 aromatic heterocycles. The number of nitrogens with one attached hydrogen (secondary N) is 1. The standard InChI is InChI=1S/C22H26N6O/c1-14-10-17-18(25-22(14)29)11-15(12-24-17)13-27-6-8-28(9-7-27)19-4-5-20(23)26-21(19)16-2-3-16/h4-5,10-12,16H,2-3,6-9,13H2,1H3,(H2,23,26)(H,25,29). The second kappa shape index (κ2) is 7.15. The zero-order valence-corrected chi connectivity index (χ0v) is 16.7. The van der Waals surface area contributed by atoms with Crippen LogP contribution in [0.15, 0.2) is 35.3 Å². The molecule has 0 spiro atoms. The Morgan fingerprint density at radius 1 is 1.17 bits per heavy atom. The van der Waals surface area contributed by atoms with Crippen molar-refractivity contribution in [3.05, 3.63) is 57.6 Å². The van der Waals surface area contributed by atoms with E-state index < -0.39 is 0 Å². The lowest BCUT2D eigenvalue weighted by atomic mass is 10.1. The molecule has 1 aliphatic carbocycles. The Hall–Kier alpha value is -2.93. The molecule has 4 heterocycles. The Morgan fingerprint density at radius 2 is 1.97 bits per heavy atom. The van der Waals surface area contributed by atoms with Crippen LogP contribution in [0.2, 0.25) is 0 Å². The Labute approximate surface area is 169 Å². The van der Waals surface area contributed by atoms with Crippen LogP contribution in [0, 0.1) is 6.92 Å². The van der Waals surface area contributed by atoms with E-state index in [9.17, 15) is 4.79 Å². The van der Waals surface area contributed by atoms with E-state index in [4.69, 9.17) is 5.73 Å². The maximum Gasteiger partial charge on any atom is 0.251 e. The van der Waals surface area contributed by atoms with Crippen molar-refractivity contribution < 1.29 is 0 Å². The lowest BCUT2D eigenvalue weighted by Crippen LogP contribution is -2.46. The fourth-order valence-corrected chi connectivity index (χ4v) is 4.12. The van der Waals surface area contributed by atoms with Crippen molar-refractivity contribution in [3.8, 4) is 0 Å². The van der Waals surface area contributed by atoms with E-state index in [1.807, 2.05) is 24.4 Å². The van der Waals surface area contributed by atoms with Crippen molar-refractivity contribution in [2.24, 2.45) is 0 Å². The van der Waals surface area contributed by atoms with Crippen molar-refractivity contribution in [1.29, 1.82) is 0 Å². The number of anilines is 2. The van der Waals surface area contributed by atoms with Crippen molar-refractivity contribution in [1.82, 2.24) is 19.9 Å². The average molecular weight is 390 g/mol. The Balaban J connectivity index is 1.27. The van der Waals surface area contributed by atoms with Gasteiger partial charge in [0.2, 0.25) is 0 Å². The molecule has 1 saturated carbocycles. The Morgan fingerprint density at radius 3 is 2.72 bits per heavy atom. The summed E-state index contributed by atoms with van der Waals surface area (Å²) in [6.07, 6.45) is 4.36. The summed E-state index contributed by atoms with van der Waals surface area (Å²) < 4.78 is 0. The molecule has 1 saturated heterocycles. The van der Waals surface area contributed by atoms with Gasteiger partial charge in [0, 0.05) is 50.4 Å². The van der Waals surface area contributed by atoms with Gasteiger partial charge in [0.25, 0.3) is 5.56 Å². The summed E-state index contributed by atoms with van der Waals surface area (Å²) in [6.45, 7) is 6.55. The van der Waals surface area contributed by atoms with Gasteiger partial charge in [-0.15, -0.1) is 0 Å². The zero-order chi connectivity index (χ0) is 20.0. The number of H-pyrrole nitrogens is 1. The minimum absolute atomic E-state index is 0.0476. The van der Waals surface area contributed by atoms with Crippen LogP contribution in [-0.4, -0.2) is 46.0 Å². The van der Waals surface area contributed by atoms with E-state index in [2.05, 4.69) is 30.8 Å². The molecule has 0 radical (unpaired) electrons. The zero-order valence-electron chi connectivity index (χ0n) is 16.7. The van der Waals surface area contributed by atoms with Crippen molar-refractivity contribution >= 4 is 22.5 Å². The molecule has 0 amide bonds. The van der Waals surface area contributed by atoms with Crippen LogP contribution in [0.25, 0.3) is 11.0 Å². The molecule has 5 rings (SSSR count). The van der Waals surface area contributed by atoms with Crippen LogP contribution in [0.1, 0.15) is 35.6 Å². The molecule has 7 heteroatoms. The van der Waals surface area contributed by atoms with Gasteiger partial charge in [-0.1, -0.05) is 0 Å². The maximum atomic E-state index is 11.9. The summed E-state index contributed by atoms with van der Waals surface area (Å²) in [6, 6.07) is 7.94. The predicted octanol–water partition coefficient (Wildman–Crippen LogP) is 2.41. The summed E-state index contributed by atoms with van der Waals surface area (Å²) >= 11 is 0. The number of rotatable bonds is 4. The van der Waals surface area contributed by atoms with E-state index in [0.717, 1.165) is 49.3 Å². The third-order valence-electron chi connectivity index (χ3n) is 5.94. The van der Waals surface area contributed by atoms with E-state index in [-0.39, 0.29) is 5.56 Å². The van der Waals surface area contributed by atoms with Gasteiger partial charge in [-0.05, 0) is 49.6 Å². The van der Waals surface area contributed by atoms with Crippen LogP contribution in [0.5, 0.6) is 0 Å². The van der Waals surface area contributed by atoms with Crippen LogP contribution in [0.4, 0.5) is 11.5 Å². The summed E-state index contributed by atoms with van der Waals surface area (Å²) in [4.78, 5) is 28.9. The lowest BCUT2D eigenvalue weighted by Gasteiger charge is -2.36. The third kappa shape index (κ3) is 3.70. The molecule has 7 nitrogen and oxygen atoms in total. The molecule has 3 N–H and O–H groups in total. The quantitative estimate of drug-likeness (QED) is 0.711. The molecule has 2 fully saturated rings. The highest BCUT2D eigenvalue weighted by molar-refractivity contribution is 5.74. The number of nitrogens with two attached hydrogens (primary N) is 1. The number of aromatic nitrogens is 3. The molecule has 0 aromatic carbocycles. The number of nitrogen functional groups attached to an aromatic ring is 1. The van der Waals surface area contributed by atoms with Crippen molar-refractivity contribution in [2.45, 2.75) is 32.2 Å². The molecule has 0 bridgehead atoms. The fraction of sp³-hybridized carbons (Fsp3) is 0.409. The van der Waals surface area contributed by atoms with Crippen LogP contribution >= 0.6 is 0 Å². The molecule has 2 aliphatic rings. The summed E-state index contributed by atoms with van der Waals surface area (Å²) in [5, 5.41) is 0. The highest BCUT2D eigenvalue weighted by Gasteiger charge is 2.30. The van der Waals surface area contributed by atoms with Crippen LogP contribution < -0.4 is 16.2 Å². The summed E-state index contributed by atoms with van der Waals surface area (Å²) in [5.41, 5.74) is 11.8. The maximum absolute atomic E-state index is 11.9. The number of aryl methyl sites for hydroxylation is 1. The Kier molecular flexibility index (Phi) is 4.47. The number of hydrogen-bond donors (Lipinski definition) is 2. The van der Waals surface area contributed by atoms with Crippen molar-refractivity contribution in [2.75, 3.05) is 36.8 Å². The smallest absolute Gasteiger partial charge is 0.251 e. The molecule has 29 heavy (non-hydrogen) atoms. The van der Waals surface area contributed by atoms with E-state index in [1.165, 1.54) is 24.2 Å². The lowest BCUT2D eigenvalue weighted by molar-refractivity contribution is 0.249. The number of nitrogens with zero attached hydrogens (tertiary/aromatic N) is 4. The van der Waals surface area contributed by atoms with Gasteiger partial charge < -0.3 is 15.6 Å². The topological polar surface area (TPSA) is 91.1 Å². The van der Waals surface area contributed by atoms with Gasteiger partial charge in [0.1, 0.15) is 5.82 Å². The number of pyridine rings is 3. The Bertz CT molecular complexity index is 1110. The molecule has 0 atom stereocenters. The first-order chi connectivity index (χ1) is 14.1. The monoisotopic (exact) mass is 390 g/mol. The number of hydrogen-bond acceptors (Lipinski definition) is 6. The van der Waals surface area contributed by atoms with E-state index >= 15 is 0 Å². The molecule has 1 aliphatic heterocycles. The summed E-state index contributed by atoms with van der Waals surface area (Å²) in [7, 11) is 0. The third-order valence-corrected chi connectivity index (χ3v) is 5.94. The summed E-state index contributed by atoms with van der Waals surface area (Å²) in [5.74, 6) is 1.20. The number of aromatic amines is 1. The highest BCUT2D eigenvalue weighted by Crippen LogP contribution is 2.43. The first-order valence-corrected chi connectivity index (χ1v) is 10.3. The molecule has 3 aromatic rings. The van der Waals surface area contributed by atoms with Gasteiger partial charge in [-0.25, -0.2) is 4.98 Å². The normalized spacial score (nSPS) is 17.8. The minimum Gasteiger partial charge on any atom is -0.384 e. The van der Waals surface area contributed by atoms with Crippen LogP contribution in [-0.2, 0) is 6.54 Å². The fourth-order valence-electron chi connectivity index (χ4n) is 4.12. The molecule has 150 valence electrons. The minimum atomic E-state index is -0.0476. The van der Waals surface area contributed by atoms with Crippen LogP contribution in [0.3, 0.4) is 0 Å². The SMILES string of the molecule is Cc1cc2ncc(CN3CCN(c4ccc(N)nc4C4CC4)CC3)cc2[nH]c1=O. The van der Waals surface area contributed by atoms with Gasteiger partial charge in [0.15, 0.2) is 0 Å². The van der Waals surface area contributed by atoms with Crippen molar-refractivity contribution in [3.63, 3.8) is 0 Å². The first-order valence-electron chi connectivity index (χ1n) is 10.3. The van der Waals surface area contributed by atoms with Gasteiger partial charge in [0.05, 0.1) is 22.4 Å². The molecule has 0 unspecified atom stereocenters. The van der Waals surface area contributed by atoms with Gasteiger partial charge in [-0.2, -0.15) is 0 Å². The first kappa shape index (κ1) is 18.1. The average Bonchev–Trinajstić information content (AvgIpc) is 3.55. The van der Waals surface area contributed by atoms with E-state index in [0.29, 0.717) is 17.3 Å². The highest BCUT2D eigenvalue weighted by atomic mass is 16.1. The molecular weight excluding hydrogens is 364 g/mol. The van der Waals surface area contributed by atoms with E-state index in [1.54, 1.807) is 6.92 Å². The number of fused-ring (bicyclic) bond motifs is 1.